The molecule has 2 aromatic carbocycles. The first-order valence-corrected chi connectivity index (χ1v) is 10.1. The van der Waals surface area contributed by atoms with E-state index in [0.29, 0.717) is 42.1 Å². The van der Waals surface area contributed by atoms with Gasteiger partial charge in [0.25, 0.3) is 5.91 Å². The summed E-state index contributed by atoms with van der Waals surface area (Å²) in [6, 6.07) is 11.0. The van der Waals surface area contributed by atoms with E-state index >= 15 is 0 Å². The SMILES string of the molecule is CCC(Nc1ccc(N(C)C(=O)CCN)cc1)=C1C(=O)Nc2cc(OC)c(OC)cc21. The van der Waals surface area contributed by atoms with Crippen LogP contribution in [0.4, 0.5) is 17.1 Å². The van der Waals surface area contributed by atoms with Gasteiger partial charge in [-0.25, -0.2) is 0 Å². The van der Waals surface area contributed by atoms with Crippen LogP contribution in [0.15, 0.2) is 42.1 Å². The third-order valence-corrected chi connectivity index (χ3v) is 5.21. The lowest BCUT2D eigenvalue weighted by Gasteiger charge is -2.18. The van der Waals surface area contributed by atoms with E-state index < -0.39 is 0 Å². The topological polar surface area (TPSA) is 106 Å². The monoisotopic (exact) mass is 424 g/mol. The number of anilines is 3. The molecule has 0 fully saturated rings. The maximum atomic E-state index is 12.8. The normalized spacial score (nSPS) is 13.9. The molecule has 0 bridgehead atoms. The molecular weight excluding hydrogens is 396 g/mol. The summed E-state index contributed by atoms with van der Waals surface area (Å²) in [7, 11) is 4.84. The van der Waals surface area contributed by atoms with Crippen LogP contribution in [0, 0.1) is 0 Å². The van der Waals surface area contributed by atoms with Crippen LogP contribution in [0.5, 0.6) is 11.5 Å². The average Bonchev–Trinajstić information content (AvgIpc) is 3.10. The zero-order valence-electron chi connectivity index (χ0n) is 18.2. The van der Waals surface area contributed by atoms with E-state index in [2.05, 4.69) is 10.6 Å². The summed E-state index contributed by atoms with van der Waals surface area (Å²) in [6.07, 6.45) is 0.915. The summed E-state index contributed by atoms with van der Waals surface area (Å²) >= 11 is 0. The predicted octanol–water partition coefficient (Wildman–Crippen LogP) is 3.20. The first kappa shape index (κ1) is 22.2. The van der Waals surface area contributed by atoms with Crippen LogP contribution in [0.3, 0.4) is 0 Å². The van der Waals surface area contributed by atoms with Crippen LogP contribution in [0.25, 0.3) is 5.57 Å². The van der Waals surface area contributed by atoms with Crippen LogP contribution >= 0.6 is 0 Å². The summed E-state index contributed by atoms with van der Waals surface area (Å²) < 4.78 is 10.7. The third kappa shape index (κ3) is 4.49. The lowest BCUT2D eigenvalue weighted by molar-refractivity contribution is -0.118. The van der Waals surface area contributed by atoms with E-state index in [4.69, 9.17) is 15.2 Å². The van der Waals surface area contributed by atoms with Crippen molar-refractivity contribution in [1.82, 2.24) is 0 Å². The highest BCUT2D eigenvalue weighted by Gasteiger charge is 2.29. The Bertz CT molecular complexity index is 1010. The minimum absolute atomic E-state index is 0.0387. The summed E-state index contributed by atoms with van der Waals surface area (Å²) in [4.78, 5) is 26.4. The molecule has 0 spiro atoms. The first-order valence-electron chi connectivity index (χ1n) is 10.1. The number of carbonyl (C=O) groups excluding carboxylic acids is 2. The summed E-state index contributed by atoms with van der Waals surface area (Å²) in [6.45, 7) is 2.30. The van der Waals surface area contributed by atoms with E-state index in [-0.39, 0.29) is 11.8 Å². The number of carbonyl (C=O) groups is 2. The Kier molecular flexibility index (Phi) is 6.81. The van der Waals surface area contributed by atoms with Crippen molar-refractivity contribution in [2.45, 2.75) is 19.8 Å². The maximum Gasteiger partial charge on any atom is 0.258 e. The van der Waals surface area contributed by atoms with Gasteiger partial charge in [0.1, 0.15) is 0 Å². The Hall–Kier alpha value is -3.52. The highest BCUT2D eigenvalue weighted by molar-refractivity contribution is 6.32. The molecule has 8 heteroatoms. The third-order valence-electron chi connectivity index (χ3n) is 5.21. The Morgan fingerprint density at radius 2 is 1.77 bits per heavy atom. The van der Waals surface area contributed by atoms with Gasteiger partial charge in [0.05, 0.1) is 25.5 Å². The molecule has 0 saturated heterocycles. The number of allylic oxidation sites excluding steroid dienone is 1. The number of methoxy groups -OCH3 is 2. The fraction of sp³-hybridized carbons (Fsp3) is 0.304. The molecule has 1 heterocycles. The number of hydrogen-bond acceptors (Lipinski definition) is 6. The molecule has 31 heavy (non-hydrogen) atoms. The van der Waals surface area contributed by atoms with Crippen molar-refractivity contribution < 1.29 is 19.1 Å². The molecule has 0 radical (unpaired) electrons. The minimum atomic E-state index is -0.182. The molecule has 1 aliphatic rings. The molecule has 8 nitrogen and oxygen atoms in total. The van der Waals surface area contributed by atoms with Crippen molar-refractivity contribution in [3.8, 4) is 11.5 Å². The number of benzene rings is 2. The van der Waals surface area contributed by atoms with Crippen molar-refractivity contribution in [2.75, 3.05) is 43.3 Å². The fourth-order valence-corrected chi connectivity index (χ4v) is 3.50. The van der Waals surface area contributed by atoms with E-state index in [0.717, 1.165) is 22.6 Å². The van der Waals surface area contributed by atoms with Gasteiger partial charge in [0.15, 0.2) is 11.5 Å². The molecule has 0 saturated carbocycles. The lowest BCUT2D eigenvalue weighted by atomic mass is 10.0. The molecule has 164 valence electrons. The van der Waals surface area contributed by atoms with Crippen LogP contribution < -0.4 is 30.7 Å². The Morgan fingerprint density at radius 3 is 2.35 bits per heavy atom. The van der Waals surface area contributed by atoms with E-state index in [1.165, 1.54) is 0 Å². The number of ether oxygens (including phenoxy) is 2. The van der Waals surface area contributed by atoms with Gasteiger partial charge in [0, 0.05) is 48.7 Å². The Labute approximate surface area is 182 Å². The van der Waals surface area contributed by atoms with Gasteiger partial charge in [-0.15, -0.1) is 0 Å². The van der Waals surface area contributed by atoms with Crippen LogP contribution in [0.1, 0.15) is 25.3 Å². The second-order valence-electron chi connectivity index (χ2n) is 7.08. The van der Waals surface area contributed by atoms with Crippen LogP contribution in [-0.4, -0.2) is 39.6 Å². The van der Waals surface area contributed by atoms with E-state index in [1.54, 1.807) is 38.3 Å². The van der Waals surface area contributed by atoms with E-state index in [1.807, 2.05) is 31.2 Å². The number of fused-ring (bicyclic) bond motifs is 1. The van der Waals surface area contributed by atoms with Gasteiger partial charge in [-0.1, -0.05) is 6.92 Å². The lowest BCUT2D eigenvalue weighted by Crippen LogP contribution is -2.28. The zero-order valence-corrected chi connectivity index (χ0v) is 18.2. The van der Waals surface area contributed by atoms with Crippen molar-refractivity contribution in [2.24, 2.45) is 5.73 Å². The second kappa shape index (κ2) is 9.53. The number of amides is 2. The first-order chi connectivity index (χ1) is 14.9. The Balaban J connectivity index is 1.91. The largest absolute Gasteiger partial charge is 0.493 e. The molecule has 0 atom stereocenters. The highest BCUT2D eigenvalue weighted by Crippen LogP contribution is 2.42. The van der Waals surface area contributed by atoms with Gasteiger partial charge in [-0.05, 0) is 36.8 Å². The fourth-order valence-electron chi connectivity index (χ4n) is 3.50. The Morgan fingerprint density at radius 1 is 1.13 bits per heavy atom. The number of hydrogen-bond donors (Lipinski definition) is 3. The second-order valence-corrected chi connectivity index (χ2v) is 7.08. The summed E-state index contributed by atoms with van der Waals surface area (Å²) in [5.41, 5.74) is 9.85. The molecule has 3 rings (SSSR count). The quantitative estimate of drug-likeness (QED) is 0.562. The average molecular weight is 425 g/mol. The number of nitrogens with two attached hydrogens (primary N) is 1. The van der Waals surface area contributed by atoms with Gasteiger partial charge < -0.3 is 30.7 Å². The number of nitrogens with zero attached hydrogens (tertiary/aromatic N) is 1. The van der Waals surface area contributed by atoms with Crippen molar-refractivity contribution in [3.05, 3.63) is 47.7 Å². The molecule has 2 amide bonds. The van der Waals surface area contributed by atoms with Crippen molar-refractivity contribution in [3.63, 3.8) is 0 Å². The number of rotatable bonds is 8. The molecule has 1 aliphatic heterocycles. The minimum Gasteiger partial charge on any atom is -0.493 e. The molecule has 0 aromatic heterocycles. The van der Waals surface area contributed by atoms with Crippen molar-refractivity contribution in [1.29, 1.82) is 0 Å². The number of nitrogens with one attached hydrogen (secondary N) is 2. The highest BCUT2D eigenvalue weighted by atomic mass is 16.5. The predicted molar refractivity (Wildman–Crippen MR) is 123 cm³/mol. The van der Waals surface area contributed by atoms with Gasteiger partial charge in [0.2, 0.25) is 5.91 Å². The molecule has 0 unspecified atom stereocenters. The summed E-state index contributed by atoms with van der Waals surface area (Å²) in [5.74, 6) is 0.888. The summed E-state index contributed by atoms with van der Waals surface area (Å²) in [5, 5.41) is 6.25. The standard InChI is InChI=1S/C23H28N4O4/c1-5-17(25-14-6-8-15(9-7-14)27(2)21(28)10-11-24)22-16-12-19(30-3)20(31-4)13-18(16)26-23(22)29/h6-9,12-13,25H,5,10-11,24H2,1-4H3,(H,26,29). The molecule has 4 N–H and O–H groups in total. The van der Waals surface area contributed by atoms with E-state index in [9.17, 15) is 9.59 Å². The maximum absolute atomic E-state index is 12.8. The molecular formula is C23H28N4O4. The molecule has 2 aromatic rings. The van der Waals surface area contributed by atoms with Gasteiger partial charge in [-0.3, -0.25) is 9.59 Å². The zero-order chi connectivity index (χ0) is 22.5. The van der Waals surface area contributed by atoms with Crippen LogP contribution in [-0.2, 0) is 9.59 Å². The smallest absolute Gasteiger partial charge is 0.258 e. The molecule has 0 aliphatic carbocycles. The van der Waals surface area contributed by atoms with Crippen molar-refractivity contribution >= 4 is 34.4 Å². The van der Waals surface area contributed by atoms with Crippen LogP contribution in [0.2, 0.25) is 0 Å². The van der Waals surface area contributed by atoms with Gasteiger partial charge in [-0.2, -0.15) is 0 Å². The van der Waals surface area contributed by atoms with Gasteiger partial charge >= 0.3 is 0 Å².